The van der Waals surface area contributed by atoms with Crippen LogP contribution in [-0.2, 0) is 16.0 Å². The van der Waals surface area contributed by atoms with Crippen LogP contribution in [0.1, 0.15) is 42.1 Å². The molecule has 106 valence electrons. The summed E-state index contributed by atoms with van der Waals surface area (Å²) < 4.78 is 10.9. The summed E-state index contributed by atoms with van der Waals surface area (Å²) in [6, 6.07) is 5.36. The Kier molecular flexibility index (Phi) is 3.57. The lowest BCUT2D eigenvalue weighted by Gasteiger charge is -2.17. The van der Waals surface area contributed by atoms with Crippen molar-refractivity contribution in [3.63, 3.8) is 0 Å². The Morgan fingerprint density at radius 3 is 3.00 bits per heavy atom. The molecule has 0 spiro atoms. The van der Waals surface area contributed by atoms with E-state index < -0.39 is 0 Å². The fourth-order valence-corrected chi connectivity index (χ4v) is 2.74. The molecule has 2 atom stereocenters. The van der Waals surface area contributed by atoms with Gasteiger partial charge in [-0.3, -0.25) is 9.59 Å². The highest BCUT2D eigenvalue weighted by Gasteiger charge is 2.45. The van der Waals surface area contributed by atoms with E-state index in [4.69, 9.17) is 9.47 Å². The topological polar surface area (TPSA) is 52.6 Å². The molecule has 1 saturated carbocycles. The van der Waals surface area contributed by atoms with Gasteiger partial charge in [0.1, 0.15) is 5.75 Å². The molecule has 20 heavy (non-hydrogen) atoms. The third-order valence-corrected chi connectivity index (χ3v) is 3.89. The molecule has 1 fully saturated rings. The van der Waals surface area contributed by atoms with E-state index in [1.165, 1.54) is 0 Å². The lowest BCUT2D eigenvalue weighted by atomic mass is 9.90. The monoisotopic (exact) mass is 274 g/mol. The molecule has 3 rings (SSSR count). The number of fused-ring (bicyclic) bond motifs is 1. The van der Waals surface area contributed by atoms with Crippen molar-refractivity contribution in [1.29, 1.82) is 0 Å². The zero-order valence-corrected chi connectivity index (χ0v) is 11.6. The van der Waals surface area contributed by atoms with Gasteiger partial charge in [-0.25, -0.2) is 0 Å². The van der Waals surface area contributed by atoms with Gasteiger partial charge >= 0.3 is 5.97 Å². The Balaban J connectivity index is 1.74. The van der Waals surface area contributed by atoms with Crippen LogP contribution in [0.5, 0.6) is 5.75 Å². The first-order chi connectivity index (χ1) is 9.70. The van der Waals surface area contributed by atoms with Gasteiger partial charge in [-0.15, -0.1) is 0 Å². The Morgan fingerprint density at radius 2 is 2.20 bits per heavy atom. The Bertz CT molecular complexity index is 549. The van der Waals surface area contributed by atoms with E-state index in [1.807, 2.05) is 13.0 Å². The molecular formula is C16H18O4. The molecule has 0 bridgehead atoms. The number of esters is 1. The number of Topliss-reactive ketones (excluding diaryl/α,β-unsaturated/α-hetero) is 1. The summed E-state index contributed by atoms with van der Waals surface area (Å²) in [6.07, 6.45) is 2.95. The van der Waals surface area contributed by atoms with Crippen LogP contribution in [0.15, 0.2) is 18.2 Å². The first-order valence-electron chi connectivity index (χ1n) is 7.19. The van der Waals surface area contributed by atoms with Gasteiger partial charge in [0, 0.05) is 24.2 Å². The van der Waals surface area contributed by atoms with Crippen LogP contribution in [0.25, 0.3) is 0 Å². The standard InChI is InChI=1S/C16H18O4/c1-2-19-15-9-12(15)16(18)20-14-8-4-5-10-11(14)6-3-7-13(10)17/h4-5,8,12,15H,2-3,6-7,9H2,1H3/t12-,15-/m1/s1. The third-order valence-electron chi connectivity index (χ3n) is 3.89. The molecule has 0 radical (unpaired) electrons. The van der Waals surface area contributed by atoms with E-state index in [2.05, 4.69) is 0 Å². The van der Waals surface area contributed by atoms with Crippen molar-refractivity contribution in [3.05, 3.63) is 29.3 Å². The van der Waals surface area contributed by atoms with Crippen molar-refractivity contribution < 1.29 is 19.1 Å². The lowest BCUT2D eigenvalue weighted by Crippen LogP contribution is -2.17. The first-order valence-corrected chi connectivity index (χ1v) is 7.19. The van der Waals surface area contributed by atoms with Crippen molar-refractivity contribution in [3.8, 4) is 5.75 Å². The molecule has 0 unspecified atom stereocenters. The van der Waals surface area contributed by atoms with Crippen molar-refractivity contribution >= 4 is 11.8 Å². The van der Waals surface area contributed by atoms with Gasteiger partial charge in [0.15, 0.2) is 5.78 Å². The second-order valence-corrected chi connectivity index (χ2v) is 5.32. The van der Waals surface area contributed by atoms with Gasteiger partial charge in [0.25, 0.3) is 0 Å². The molecule has 1 aromatic rings. The number of carbonyl (C=O) groups excluding carboxylic acids is 2. The summed E-state index contributed by atoms with van der Waals surface area (Å²) >= 11 is 0. The zero-order valence-electron chi connectivity index (χ0n) is 11.6. The van der Waals surface area contributed by atoms with Gasteiger partial charge in [0.2, 0.25) is 0 Å². The van der Waals surface area contributed by atoms with E-state index in [0.29, 0.717) is 24.3 Å². The average molecular weight is 274 g/mol. The van der Waals surface area contributed by atoms with Crippen LogP contribution >= 0.6 is 0 Å². The molecular weight excluding hydrogens is 256 g/mol. The molecule has 1 aromatic carbocycles. The minimum atomic E-state index is -0.241. The SMILES string of the molecule is CCO[C@@H]1C[C@H]1C(=O)Oc1cccc2c1CCCC2=O. The molecule has 2 aliphatic rings. The normalized spacial score (nSPS) is 24.1. The summed E-state index contributed by atoms with van der Waals surface area (Å²) in [5, 5.41) is 0. The Hall–Kier alpha value is -1.68. The second kappa shape index (κ2) is 5.37. The molecule has 4 nitrogen and oxygen atoms in total. The van der Waals surface area contributed by atoms with E-state index >= 15 is 0 Å². The molecule has 0 saturated heterocycles. The molecule has 0 aliphatic heterocycles. The largest absolute Gasteiger partial charge is 0.426 e. The maximum absolute atomic E-state index is 12.0. The number of benzene rings is 1. The average Bonchev–Trinajstić information content (AvgIpc) is 3.20. The fourth-order valence-electron chi connectivity index (χ4n) is 2.74. The summed E-state index contributed by atoms with van der Waals surface area (Å²) in [5.74, 6) is 0.297. The molecule has 2 aliphatic carbocycles. The van der Waals surface area contributed by atoms with Gasteiger partial charge in [-0.1, -0.05) is 12.1 Å². The van der Waals surface area contributed by atoms with Crippen LogP contribution in [0, 0.1) is 5.92 Å². The summed E-state index contributed by atoms with van der Waals surface area (Å²) in [5.41, 5.74) is 1.59. The third kappa shape index (κ3) is 2.48. The molecule has 4 heteroatoms. The number of ketones is 1. The summed E-state index contributed by atoms with van der Waals surface area (Å²) in [4.78, 5) is 23.9. The van der Waals surface area contributed by atoms with Crippen LogP contribution in [0.2, 0.25) is 0 Å². The number of rotatable bonds is 4. The highest BCUT2D eigenvalue weighted by atomic mass is 16.5. The van der Waals surface area contributed by atoms with Crippen molar-refractivity contribution in [1.82, 2.24) is 0 Å². The highest BCUT2D eigenvalue weighted by molar-refractivity contribution is 5.99. The quantitative estimate of drug-likeness (QED) is 0.625. The van der Waals surface area contributed by atoms with E-state index in [9.17, 15) is 9.59 Å². The van der Waals surface area contributed by atoms with Crippen molar-refractivity contribution in [2.75, 3.05) is 6.61 Å². The van der Waals surface area contributed by atoms with E-state index in [-0.39, 0.29) is 23.8 Å². The maximum atomic E-state index is 12.0. The fraction of sp³-hybridized carbons (Fsp3) is 0.500. The van der Waals surface area contributed by atoms with Crippen molar-refractivity contribution in [2.45, 2.75) is 38.7 Å². The molecule has 0 aromatic heterocycles. The number of hydrogen-bond acceptors (Lipinski definition) is 4. The molecule has 0 amide bonds. The second-order valence-electron chi connectivity index (χ2n) is 5.32. The summed E-state index contributed by atoms with van der Waals surface area (Å²) in [6.45, 7) is 2.53. The molecule has 0 heterocycles. The van der Waals surface area contributed by atoms with Crippen LogP contribution < -0.4 is 4.74 Å². The highest BCUT2D eigenvalue weighted by Crippen LogP contribution is 2.36. The Labute approximate surface area is 118 Å². The number of hydrogen-bond donors (Lipinski definition) is 0. The zero-order chi connectivity index (χ0) is 14.1. The predicted octanol–water partition coefficient (Wildman–Crippen LogP) is 2.54. The van der Waals surface area contributed by atoms with E-state index in [0.717, 1.165) is 24.8 Å². The van der Waals surface area contributed by atoms with Gasteiger partial charge in [0.05, 0.1) is 12.0 Å². The minimum Gasteiger partial charge on any atom is -0.426 e. The van der Waals surface area contributed by atoms with Crippen LogP contribution in [-0.4, -0.2) is 24.5 Å². The van der Waals surface area contributed by atoms with Crippen molar-refractivity contribution in [2.24, 2.45) is 5.92 Å². The predicted molar refractivity (Wildman–Crippen MR) is 72.9 cm³/mol. The smallest absolute Gasteiger partial charge is 0.317 e. The minimum absolute atomic E-state index is 0.00803. The lowest BCUT2D eigenvalue weighted by molar-refractivity contribution is -0.136. The van der Waals surface area contributed by atoms with Gasteiger partial charge in [-0.05, 0) is 32.3 Å². The van der Waals surface area contributed by atoms with Gasteiger partial charge < -0.3 is 9.47 Å². The number of carbonyl (C=O) groups is 2. The first kappa shape index (κ1) is 13.3. The summed E-state index contributed by atoms with van der Waals surface area (Å²) in [7, 11) is 0. The maximum Gasteiger partial charge on any atom is 0.317 e. The number of ether oxygens (including phenoxy) is 2. The van der Waals surface area contributed by atoms with E-state index in [1.54, 1.807) is 12.1 Å². The molecule has 0 N–H and O–H groups in total. The Morgan fingerprint density at radius 1 is 1.35 bits per heavy atom. The van der Waals surface area contributed by atoms with Gasteiger partial charge in [-0.2, -0.15) is 0 Å². The van der Waals surface area contributed by atoms with Crippen LogP contribution in [0.4, 0.5) is 0 Å². The van der Waals surface area contributed by atoms with Crippen LogP contribution in [0.3, 0.4) is 0 Å².